The summed E-state index contributed by atoms with van der Waals surface area (Å²) in [4.78, 5) is 5.66. The van der Waals surface area contributed by atoms with Crippen LogP contribution < -0.4 is 5.73 Å². The first-order chi connectivity index (χ1) is 8.31. The van der Waals surface area contributed by atoms with Crippen molar-refractivity contribution in [2.24, 2.45) is 0 Å². The summed E-state index contributed by atoms with van der Waals surface area (Å²) in [6.45, 7) is 2.23. The second kappa shape index (κ2) is 5.92. The van der Waals surface area contributed by atoms with Gasteiger partial charge in [0, 0.05) is 22.2 Å². The van der Waals surface area contributed by atoms with Crippen LogP contribution in [-0.2, 0) is 0 Å². The third kappa shape index (κ3) is 3.13. The van der Waals surface area contributed by atoms with E-state index in [9.17, 15) is 0 Å². The molecule has 0 spiro atoms. The van der Waals surface area contributed by atoms with Crippen molar-refractivity contribution in [1.82, 2.24) is 4.98 Å². The van der Waals surface area contributed by atoms with E-state index in [1.54, 1.807) is 0 Å². The van der Waals surface area contributed by atoms with Crippen LogP contribution in [0.5, 0.6) is 0 Å². The normalized spacial score (nSPS) is 10.9. The molecule has 0 saturated carbocycles. The SMILES string of the molecule is CCCCCSc1ccnc2cc(N)ccc12. The third-order valence-corrected chi connectivity index (χ3v) is 3.89. The van der Waals surface area contributed by atoms with E-state index in [-0.39, 0.29) is 0 Å². The fourth-order valence-corrected chi connectivity index (χ4v) is 2.85. The molecule has 17 heavy (non-hydrogen) atoms. The van der Waals surface area contributed by atoms with Crippen molar-refractivity contribution in [2.75, 3.05) is 11.5 Å². The number of thioether (sulfide) groups is 1. The topological polar surface area (TPSA) is 38.9 Å². The molecule has 3 heteroatoms. The number of rotatable bonds is 5. The van der Waals surface area contributed by atoms with Crippen LogP contribution >= 0.6 is 11.8 Å². The highest BCUT2D eigenvalue weighted by atomic mass is 32.2. The minimum absolute atomic E-state index is 0.776. The molecule has 0 aliphatic carbocycles. The van der Waals surface area contributed by atoms with Crippen molar-refractivity contribution in [3.8, 4) is 0 Å². The van der Waals surface area contributed by atoms with E-state index in [2.05, 4.69) is 24.0 Å². The van der Waals surface area contributed by atoms with Gasteiger partial charge in [-0.15, -0.1) is 11.8 Å². The molecular weight excluding hydrogens is 228 g/mol. The molecule has 2 nitrogen and oxygen atoms in total. The Morgan fingerprint density at radius 1 is 1.24 bits per heavy atom. The minimum atomic E-state index is 0.776. The third-order valence-electron chi connectivity index (χ3n) is 2.73. The number of nitrogens with two attached hydrogens (primary N) is 1. The van der Waals surface area contributed by atoms with Gasteiger partial charge in [-0.3, -0.25) is 4.98 Å². The van der Waals surface area contributed by atoms with E-state index < -0.39 is 0 Å². The number of unbranched alkanes of at least 4 members (excludes halogenated alkanes) is 2. The number of hydrogen-bond donors (Lipinski definition) is 1. The molecule has 2 N–H and O–H groups in total. The number of benzene rings is 1. The highest BCUT2D eigenvalue weighted by Crippen LogP contribution is 2.28. The zero-order valence-corrected chi connectivity index (χ0v) is 11.0. The summed E-state index contributed by atoms with van der Waals surface area (Å²) in [5.41, 5.74) is 7.53. The van der Waals surface area contributed by atoms with Gasteiger partial charge < -0.3 is 5.73 Å². The number of pyridine rings is 1. The van der Waals surface area contributed by atoms with Crippen molar-refractivity contribution >= 4 is 28.4 Å². The van der Waals surface area contributed by atoms with Crippen LogP contribution in [0.2, 0.25) is 0 Å². The highest BCUT2D eigenvalue weighted by Gasteiger charge is 2.02. The van der Waals surface area contributed by atoms with Crippen LogP contribution in [0.25, 0.3) is 10.9 Å². The van der Waals surface area contributed by atoms with E-state index in [1.165, 1.54) is 35.3 Å². The molecule has 0 atom stereocenters. The lowest BCUT2D eigenvalue weighted by atomic mass is 10.2. The highest BCUT2D eigenvalue weighted by molar-refractivity contribution is 7.99. The molecule has 0 aliphatic rings. The molecule has 1 aromatic heterocycles. The number of anilines is 1. The van der Waals surface area contributed by atoms with Crippen molar-refractivity contribution in [3.05, 3.63) is 30.5 Å². The number of fused-ring (bicyclic) bond motifs is 1. The maximum absolute atomic E-state index is 5.77. The van der Waals surface area contributed by atoms with Crippen LogP contribution in [0.4, 0.5) is 5.69 Å². The Morgan fingerprint density at radius 2 is 2.12 bits per heavy atom. The summed E-state index contributed by atoms with van der Waals surface area (Å²) in [6, 6.07) is 8.04. The lowest BCUT2D eigenvalue weighted by molar-refractivity contribution is 0.778. The summed E-state index contributed by atoms with van der Waals surface area (Å²) < 4.78 is 0. The summed E-state index contributed by atoms with van der Waals surface area (Å²) in [7, 11) is 0. The van der Waals surface area contributed by atoms with Gasteiger partial charge in [-0.2, -0.15) is 0 Å². The molecule has 0 bridgehead atoms. The van der Waals surface area contributed by atoms with E-state index in [1.807, 2.05) is 30.1 Å². The smallest absolute Gasteiger partial charge is 0.0733 e. The maximum atomic E-state index is 5.77. The summed E-state index contributed by atoms with van der Waals surface area (Å²) in [5.74, 6) is 1.18. The molecule has 0 amide bonds. The first-order valence-electron chi connectivity index (χ1n) is 6.08. The van der Waals surface area contributed by atoms with Gasteiger partial charge in [-0.1, -0.05) is 19.8 Å². The van der Waals surface area contributed by atoms with Crippen LogP contribution in [-0.4, -0.2) is 10.7 Å². The first kappa shape index (κ1) is 12.2. The van der Waals surface area contributed by atoms with Gasteiger partial charge in [0.25, 0.3) is 0 Å². The average molecular weight is 246 g/mol. The molecule has 0 saturated heterocycles. The molecule has 0 fully saturated rings. The Morgan fingerprint density at radius 3 is 2.94 bits per heavy atom. The lowest BCUT2D eigenvalue weighted by Gasteiger charge is -2.06. The van der Waals surface area contributed by atoms with Crippen molar-refractivity contribution < 1.29 is 0 Å². The van der Waals surface area contributed by atoms with Crippen LogP contribution in [0.3, 0.4) is 0 Å². The number of aromatic nitrogens is 1. The van der Waals surface area contributed by atoms with Crippen LogP contribution in [0.15, 0.2) is 35.4 Å². The maximum Gasteiger partial charge on any atom is 0.0733 e. The summed E-state index contributed by atoms with van der Waals surface area (Å²) in [5, 5.41) is 1.21. The van der Waals surface area contributed by atoms with E-state index in [0.29, 0.717) is 0 Å². The predicted octanol–water partition coefficient (Wildman–Crippen LogP) is 4.10. The number of nitrogens with zero attached hydrogens (tertiary/aromatic N) is 1. The van der Waals surface area contributed by atoms with E-state index in [4.69, 9.17) is 5.73 Å². The Balaban J connectivity index is 2.16. The number of hydrogen-bond acceptors (Lipinski definition) is 3. The zero-order valence-electron chi connectivity index (χ0n) is 10.1. The van der Waals surface area contributed by atoms with Gasteiger partial charge >= 0.3 is 0 Å². The monoisotopic (exact) mass is 246 g/mol. The largest absolute Gasteiger partial charge is 0.399 e. The molecule has 1 aromatic carbocycles. The second-order valence-electron chi connectivity index (χ2n) is 4.14. The predicted molar refractivity (Wildman–Crippen MR) is 76.4 cm³/mol. The molecule has 2 rings (SSSR count). The average Bonchev–Trinajstić information content (AvgIpc) is 2.34. The molecular formula is C14H18N2S. The van der Waals surface area contributed by atoms with E-state index >= 15 is 0 Å². The second-order valence-corrected chi connectivity index (χ2v) is 5.28. The van der Waals surface area contributed by atoms with Crippen molar-refractivity contribution in [1.29, 1.82) is 0 Å². The fraction of sp³-hybridized carbons (Fsp3) is 0.357. The standard InChI is InChI=1S/C14H18N2S/c1-2-3-4-9-17-14-7-8-16-13-10-11(15)5-6-12(13)14/h5-8,10H,2-4,9,15H2,1H3. The molecule has 90 valence electrons. The minimum Gasteiger partial charge on any atom is -0.399 e. The summed E-state index contributed by atoms with van der Waals surface area (Å²) >= 11 is 1.91. The van der Waals surface area contributed by atoms with Gasteiger partial charge in [-0.25, -0.2) is 0 Å². The zero-order chi connectivity index (χ0) is 12.1. The van der Waals surface area contributed by atoms with Gasteiger partial charge in [0.2, 0.25) is 0 Å². The molecule has 2 aromatic rings. The molecule has 1 heterocycles. The molecule has 0 aliphatic heterocycles. The Kier molecular flexibility index (Phi) is 4.26. The fourth-order valence-electron chi connectivity index (χ4n) is 1.80. The quantitative estimate of drug-likeness (QED) is 0.490. The Hall–Kier alpha value is -1.22. The van der Waals surface area contributed by atoms with Gasteiger partial charge in [0.1, 0.15) is 0 Å². The van der Waals surface area contributed by atoms with Crippen molar-refractivity contribution in [2.45, 2.75) is 31.1 Å². The Labute approximate surface area is 107 Å². The Bertz CT molecular complexity index is 497. The van der Waals surface area contributed by atoms with Crippen molar-refractivity contribution in [3.63, 3.8) is 0 Å². The van der Waals surface area contributed by atoms with Gasteiger partial charge in [0.15, 0.2) is 0 Å². The lowest BCUT2D eigenvalue weighted by Crippen LogP contribution is -1.88. The molecule has 0 unspecified atom stereocenters. The summed E-state index contributed by atoms with van der Waals surface area (Å²) in [6.07, 6.45) is 5.72. The van der Waals surface area contributed by atoms with Crippen LogP contribution in [0, 0.1) is 0 Å². The van der Waals surface area contributed by atoms with Gasteiger partial charge in [0.05, 0.1) is 5.52 Å². The van der Waals surface area contributed by atoms with Crippen LogP contribution in [0.1, 0.15) is 26.2 Å². The molecule has 0 radical (unpaired) electrons. The van der Waals surface area contributed by atoms with Gasteiger partial charge in [-0.05, 0) is 36.4 Å². The van der Waals surface area contributed by atoms with E-state index in [0.717, 1.165) is 11.2 Å². The first-order valence-corrected chi connectivity index (χ1v) is 7.07. The number of nitrogen functional groups attached to an aromatic ring is 1.